The van der Waals surface area contributed by atoms with E-state index in [-0.39, 0.29) is 30.3 Å². The second-order valence-electron chi connectivity index (χ2n) is 5.21. The van der Waals surface area contributed by atoms with Gasteiger partial charge in [0.15, 0.2) is 0 Å². The Hall–Kier alpha value is -1.55. The number of hydrogen-bond donors (Lipinski definition) is 1. The molecule has 1 aromatic carbocycles. The number of methoxy groups -OCH3 is 1. The summed E-state index contributed by atoms with van der Waals surface area (Å²) in [6, 6.07) is 6.74. The van der Waals surface area contributed by atoms with Crippen molar-refractivity contribution < 1.29 is 14.3 Å². The Bertz CT molecular complexity index is 500. The highest BCUT2D eigenvalue weighted by Crippen LogP contribution is 2.38. The standard InChI is InChI=1S/C15H18ClNO3/c1-9-7-12(9)15(19)17-13(8-14(18)20-2)10-3-5-11(16)6-4-10/h3-6,9,12-13H,7-8H2,1-2H3,(H,17,19)/t9-,12+,13+/m1/s1. The minimum Gasteiger partial charge on any atom is -0.469 e. The minimum atomic E-state index is -0.375. The Balaban J connectivity index is 2.09. The van der Waals surface area contributed by atoms with Gasteiger partial charge in [-0.1, -0.05) is 30.7 Å². The second-order valence-corrected chi connectivity index (χ2v) is 5.65. The molecular formula is C15H18ClNO3. The highest BCUT2D eigenvalue weighted by Gasteiger charge is 2.40. The average molecular weight is 296 g/mol. The predicted octanol–water partition coefficient (Wildman–Crippen LogP) is 2.72. The van der Waals surface area contributed by atoms with Crippen LogP contribution in [0.1, 0.15) is 31.4 Å². The zero-order valence-electron chi connectivity index (χ0n) is 11.6. The van der Waals surface area contributed by atoms with Crippen LogP contribution < -0.4 is 5.32 Å². The van der Waals surface area contributed by atoms with E-state index in [4.69, 9.17) is 11.6 Å². The molecule has 1 aromatic rings. The molecule has 1 amide bonds. The summed E-state index contributed by atoms with van der Waals surface area (Å²) in [5.41, 5.74) is 0.849. The zero-order chi connectivity index (χ0) is 14.7. The van der Waals surface area contributed by atoms with Gasteiger partial charge in [0.2, 0.25) is 5.91 Å². The maximum atomic E-state index is 12.0. The molecule has 1 N–H and O–H groups in total. The first-order chi connectivity index (χ1) is 9.51. The molecule has 4 nitrogen and oxygen atoms in total. The normalized spacial score (nSPS) is 21.9. The molecule has 1 saturated carbocycles. The van der Waals surface area contributed by atoms with Gasteiger partial charge in [-0.2, -0.15) is 0 Å². The number of carbonyl (C=O) groups excluding carboxylic acids is 2. The molecule has 0 aromatic heterocycles. The molecule has 108 valence electrons. The van der Waals surface area contributed by atoms with E-state index in [2.05, 4.69) is 10.1 Å². The van der Waals surface area contributed by atoms with Crippen LogP contribution in [0.25, 0.3) is 0 Å². The van der Waals surface area contributed by atoms with Crippen LogP contribution in [0.5, 0.6) is 0 Å². The van der Waals surface area contributed by atoms with Gasteiger partial charge in [-0.05, 0) is 30.0 Å². The monoisotopic (exact) mass is 295 g/mol. The molecule has 0 heterocycles. The maximum absolute atomic E-state index is 12.0. The van der Waals surface area contributed by atoms with Crippen molar-refractivity contribution in [1.82, 2.24) is 5.32 Å². The predicted molar refractivity (Wildman–Crippen MR) is 76.2 cm³/mol. The maximum Gasteiger partial charge on any atom is 0.307 e. The molecule has 0 spiro atoms. The number of halogens is 1. The van der Waals surface area contributed by atoms with Crippen LogP contribution in [0, 0.1) is 11.8 Å². The van der Waals surface area contributed by atoms with E-state index in [9.17, 15) is 9.59 Å². The zero-order valence-corrected chi connectivity index (χ0v) is 12.3. The lowest BCUT2D eigenvalue weighted by Gasteiger charge is -2.18. The summed E-state index contributed by atoms with van der Waals surface area (Å²) in [7, 11) is 1.34. The van der Waals surface area contributed by atoms with Crippen LogP contribution in [0.15, 0.2) is 24.3 Å². The molecule has 20 heavy (non-hydrogen) atoms. The van der Waals surface area contributed by atoms with Gasteiger partial charge in [-0.25, -0.2) is 0 Å². The van der Waals surface area contributed by atoms with Crippen molar-refractivity contribution in [3.8, 4) is 0 Å². The number of rotatable bonds is 5. The van der Waals surface area contributed by atoms with Crippen molar-refractivity contribution in [3.05, 3.63) is 34.9 Å². The highest BCUT2D eigenvalue weighted by molar-refractivity contribution is 6.30. The number of benzene rings is 1. The summed E-state index contributed by atoms with van der Waals surface area (Å²) in [4.78, 5) is 23.5. The molecule has 0 unspecified atom stereocenters. The summed E-state index contributed by atoms with van der Waals surface area (Å²) in [6.07, 6.45) is 1.03. The number of ether oxygens (including phenoxy) is 1. The van der Waals surface area contributed by atoms with E-state index < -0.39 is 0 Å². The van der Waals surface area contributed by atoms with Gasteiger partial charge in [0.25, 0.3) is 0 Å². The molecule has 1 aliphatic rings. The number of esters is 1. The number of hydrogen-bond acceptors (Lipinski definition) is 3. The van der Waals surface area contributed by atoms with Crippen molar-refractivity contribution in [2.45, 2.75) is 25.8 Å². The Morgan fingerprint density at radius 2 is 2.00 bits per heavy atom. The van der Waals surface area contributed by atoms with Crippen LogP contribution >= 0.6 is 11.6 Å². The third kappa shape index (κ3) is 3.73. The summed E-state index contributed by atoms with van der Waals surface area (Å²) in [6.45, 7) is 2.04. The fraction of sp³-hybridized carbons (Fsp3) is 0.467. The van der Waals surface area contributed by atoms with E-state index in [1.807, 2.05) is 19.1 Å². The molecule has 1 fully saturated rings. The summed E-state index contributed by atoms with van der Waals surface area (Å²) >= 11 is 5.86. The first-order valence-electron chi connectivity index (χ1n) is 6.64. The SMILES string of the molecule is COC(=O)C[C@H](NC(=O)[C@H]1C[C@H]1C)c1ccc(Cl)cc1. The van der Waals surface area contributed by atoms with Gasteiger partial charge in [0.05, 0.1) is 19.6 Å². The molecule has 2 rings (SSSR count). The molecule has 0 saturated heterocycles. The second kappa shape index (κ2) is 6.27. The first-order valence-corrected chi connectivity index (χ1v) is 7.01. The van der Waals surface area contributed by atoms with Gasteiger partial charge < -0.3 is 10.1 Å². The van der Waals surface area contributed by atoms with E-state index in [0.717, 1.165) is 12.0 Å². The van der Waals surface area contributed by atoms with Gasteiger partial charge in [0, 0.05) is 10.9 Å². The van der Waals surface area contributed by atoms with Crippen LogP contribution in [0.2, 0.25) is 5.02 Å². The lowest BCUT2D eigenvalue weighted by atomic mass is 10.0. The van der Waals surface area contributed by atoms with Gasteiger partial charge >= 0.3 is 5.97 Å². The molecule has 0 aliphatic heterocycles. The van der Waals surface area contributed by atoms with Crippen molar-refractivity contribution >= 4 is 23.5 Å². The van der Waals surface area contributed by atoms with Gasteiger partial charge in [-0.3, -0.25) is 9.59 Å². The third-order valence-electron chi connectivity index (χ3n) is 3.63. The van der Waals surface area contributed by atoms with E-state index in [1.165, 1.54) is 7.11 Å². The topological polar surface area (TPSA) is 55.4 Å². The quantitative estimate of drug-likeness (QED) is 0.850. The Kier molecular flexibility index (Phi) is 4.65. The molecule has 1 aliphatic carbocycles. The molecular weight excluding hydrogens is 278 g/mol. The fourth-order valence-corrected chi connectivity index (χ4v) is 2.29. The van der Waals surface area contributed by atoms with Crippen molar-refractivity contribution in [3.63, 3.8) is 0 Å². The van der Waals surface area contributed by atoms with Crippen LogP contribution in [0.3, 0.4) is 0 Å². The molecule has 0 radical (unpaired) electrons. The number of amides is 1. The first kappa shape index (κ1) is 14.9. The fourth-order valence-electron chi connectivity index (χ4n) is 2.16. The summed E-state index contributed by atoms with van der Waals surface area (Å²) in [5.74, 6) is 0.150. The number of carbonyl (C=O) groups is 2. The van der Waals surface area contributed by atoms with Crippen LogP contribution in [-0.4, -0.2) is 19.0 Å². The lowest BCUT2D eigenvalue weighted by molar-refractivity contribution is -0.141. The van der Waals surface area contributed by atoms with Crippen LogP contribution in [0.4, 0.5) is 0 Å². The molecule has 0 bridgehead atoms. The van der Waals surface area contributed by atoms with Crippen LogP contribution in [-0.2, 0) is 14.3 Å². The third-order valence-corrected chi connectivity index (χ3v) is 3.89. The van der Waals surface area contributed by atoms with Crippen molar-refractivity contribution in [1.29, 1.82) is 0 Å². The summed E-state index contributed by atoms with van der Waals surface area (Å²) < 4.78 is 4.69. The van der Waals surface area contributed by atoms with Gasteiger partial charge in [-0.15, -0.1) is 0 Å². The minimum absolute atomic E-state index is 0.00125. The number of nitrogens with one attached hydrogen (secondary N) is 1. The molecule has 5 heteroatoms. The summed E-state index contributed by atoms with van der Waals surface area (Å²) in [5, 5.41) is 3.55. The Morgan fingerprint density at radius 3 is 2.50 bits per heavy atom. The lowest BCUT2D eigenvalue weighted by Crippen LogP contribution is -2.31. The van der Waals surface area contributed by atoms with E-state index in [0.29, 0.717) is 10.9 Å². The largest absolute Gasteiger partial charge is 0.469 e. The highest BCUT2D eigenvalue weighted by atomic mass is 35.5. The molecule has 3 atom stereocenters. The smallest absolute Gasteiger partial charge is 0.307 e. The van der Waals surface area contributed by atoms with Gasteiger partial charge in [0.1, 0.15) is 0 Å². The van der Waals surface area contributed by atoms with Crippen molar-refractivity contribution in [2.75, 3.05) is 7.11 Å². The Labute approximate surface area is 123 Å². The van der Waals surface area contributed by atoms with E-state index >= 15 is 0 Å². The Morgan fingerprint density at radius 1 is 1.40 bits per heavy atom. The van der Waals surface area contributed by atoms with E-state index in [1.54, 1.807) is 12.1 Å². The average Bonchev–Trinajstić information content (AvgIpc) is 3.16. The van der Waals surface area contributed by atoms with Crippen molar-refractivity contribution in [2.24, 2.45) is 11.8 Å².